The van der Waals surface area contributed by atoms with Crippen LogP contribution in [-0.2, 0) is 44.7 Å². The largest absolute Gasteiger partial charge is 0.480 e. The third-order valence-corrected chi connectivity index (χ3v) is 6.39. The zero-order valence-electron chi connectivity index (χ0n) is 13.6. The summed E-state index contributed by atoms with van der Waals surface area (Å²) in [4.78, 5) is 34.2. The van der Waals surface area contributed by atoms with Gasteiger partial charge in [-0.1, -0.05) is 0 Å². The normalized spacial score (nSPS) is 15.9. The molecule has 0 rings (SSSR count). The summed E-state index contributed by atoms with van der Waals surface area (Å²) < 4.78 is 92.7. The summed E-state index contributed by atoms with van der Waals surface area (Å²) in [6.07, 6.45) is 0. The number of hydrogen-bond acceptors (Lipinski definition) is 10. The molecule has 0 bridgehead atoms. The van der Waals surface area contributed by atoms with E-state index in [-0.39, 0.29) is 0 Å². The number of carbonyl (C=O) groups is 3. The lowest BCUT2D eigenvalue weighted by atomic mass is 10.3. The van der Waals surface area contributed by atoms with Crippen molar-refractivity contribution >= 4 is 48.1 Å². The fraction of sp³-hybridized carbons (Fsp3) is 0.667. The number of nitrogens with two attached hydrogens (primary N) is 1. The standard InChI is InChI=1S/C9H17N3O13S3/c10-1-4(26(17,18)19)7(13)11-2-5(27(20,21)22)8(14)12-3-6(9(15)16)28(23,24)25/h4-6H,1-3,10H2,(H,11,13)(H,12,14)(H,15,16)(H,17,18,19)(H,20,21,22)(H,23,24,25). The van der Waals surface area contributed by atoms with Gasteiger partial charge in [0.2, 0.25) is 17.1 Å². The summed E-state index contributed by atoms with van der Waals surface area (Å²) in [5, 5.41) is 4.52. The number of amides is 2. The smallest absolute Gasteiger partial charge is 0.326 e. The summed E-state index contributed by atoms with van der Waals surface area (Å²) in [6.45, 7) is -3.47. The van der Waals surface area contributed by atoms with Crippen LogP contribution >= 0.6 is 0 Å². The molecule has 3 unspecified atom stereocenters. The molecule has 19 heteroatoms. The topological polar surface area (TPSA) is 285 Å². The maximum Gasteiger partial charge on any atom is 0.326 e. The van der Waals surface area contributed by atoms with Crippen molar-refractivity contribution in [3.63, 3.8) is 0 Å². The zero-order valence-corrected chi connectivity index (χ0v) is 16.1. The number of carboxylic acid groups (broad SMARTS) is 1. The molecular weight excluding hydrogens is 454 g/mol. The molecule has 0 fully saturated rings. The molecule has 8 N–H and O–H groups in total. The van der Waals surface area contributed by atoms with Gasteiger partial charge >= 0.3 is 5.97 Å². The minimum atomic E-state index is -5.26. The van der Waals surface area contributed by atoms with Crippen LogP contribution in [0.2, 0.25) is 0 Å². The van der Waals surface area contributed by atoms with Crippen molar-refractivity contribution < 1.29 is 58.4 Å². The summed E-state index contributed by atoms with van der Waals surface area (Å²) in [5.74, 6) is -5.29. The van der Waals surface area contributed by atoms with Gasteiger partial charge in [-0.3, -0.25) is 28.0 Å². The maximum absolute atomic E-state index is 11.8. The number of carboxylic acids is 1. The van der Waals surface area contributed by atoms with Gasteiger partial charge < -0.3 is 21.5 Å². The Morgan fingerprint density at radius 1 is 0.714 bits per heavy atom. The molecule has 3 atom stereocenters. The van der Waals surface area contributed by atoms with Gasteiger partial charge in [0.05, 0.1) is 0 Å². The van der Waals surface area contributed by atoms with Crippen molar-refractivity contribution in [2.75, 3.05) is 19.6 Å². The molecule has 2 amide bonds. The van der Waals surface area contributed by atoms with Crippen molar-refractivity contribution in [3.8, 4) is 0 Å². The lowest BCUT2D eigenvalue weighted by Gasteiger charge is -2.18. The molecule has 0 aromatic carbocycles. The Kier molecular flexibility index (Phi) is 8.89. The molecule has 0 aromatic rings. The molecule has 16 nitrogen and oxygen atoms in total. The first-order valence-corrected chi connectivity index (χ1v) is 11.3. The molecule has 0 aliphatic heterocycles. The minimum Gasteiger partial charge on any atom is -0.480 e. The zero-order chi connectivity index (χ0) is 22.5. The van der Waals surface area contributed by atoms with E-state index in [1.165, 1.54) is 5.32 Å². The highest BCUT2D eigenvalue weighted by Crippen LogP contribution is 2.03. The van der Waals surface area contributed by atoms with E-state index >= 15 is 0 Å². The quantitative estimate of drug-likeness (QED) is 0.139. The van der Waals surface area contributed by atoms with Crippen LogP contribution < -0.4 is 16.4 Å². The molecule has 28 heavy (non-hydrogen) atoms. The van der Waals surface area contributed by atoms with E-state index < -0.39 is 83.5 Å². The van der Waals surface area contributed by atoms with Crippen molar-refractivity contribution in [1.29, 1.82) is 0 Å². The average Bonchev–Trinajstić information content (AvgIpc) is 2.43. The van der Waals surface area contributed by atoms with Gasteiger partial charge in [0, 0.05) is 19.6 Å². The third kappa shape index (κ3) is 8.00. The van der Waals surface area contributed by atoms with E-state index in [0.717, 1.165) is 0 Å². The first-order chi connectivity index (χ1) is 12.4. The Labute approximate surface area is 158 Å². The average molecular weight is 471 g/mol. The summed E-state index contributed by atoms with van der Waals surface area (Å²) in [6, 6.07) is 0. The molecule has 0 saturated heterocycles. The monoisotopic (exact) mass is 471 g/mol. The Bertz CT molecular complexity index is 924. The van der Waals surface area contributed by atoms with Crippen molar-refractivity contribution in [1.82, 2.24) is 10.6 Å². The molecule has 0 aromatic heterocycles. The van der Waals surface area contributed by atoms with Crippen LogP contribution in [-0.4, -0.2) is 97.2 Å². The Hall–Kier alpha value is -1.90. The summed E-state index contributed by atoms with van der Waals surface area (Å²) >= 11 is 0. The molecule has 0 aliphatic rings. The van der Waals surface area contributed by atoms with Crippen LogP contribution in [0.3, 0.4) is 0 Å². The van der Waals surface area contributed by atoms with Crippen LogP contribution in [0.5, 0.6) is 0 Å². The highest BCUT2D eigenvalue weighted by atomic mass is 32.2. The molecular formula is C9H17N3O13S3. The van der Waals surface area contributed by atoms with Crippen LogP contribution in [0, 0.1) is 0 Å². The van der Waals surface area contributed by atoms with Gasteiger partial charge in [-0.25, -0.2) is 0 Å². The molecule has 0 spiro atoms. The Balaban J connectivity index is 5.33. The van der Waals surface area contributed by atoms with Crippen molar-refractivity contribution in [3.05, 3.63) is 0 Å². The first kappa shape index (κ1) is 26.1. The van der Waals surface area contributed by atoms with Gasteiger partial charge in [0.15, 0.2) is 10.5 Å². The second-order valence-electron chi connectivity index (χ2n) is 5.08. The molecule has 164 valence electrons. The Morgan fingerprint density at radius 2 is 1.04 bits per heavy atom. The first-order valence-electron chi connectivity index (χ1n) is 6.80. The summed E-state index contributed by atoms with van der Waals surface area (Å²) in [5.41, 5.74) is 4.98. The van der Waals surface area contributed by atoms with Gasteiger partial charge in [-0.2, -0.15) is 25.3 Å². The Morgan fingerprint density at radius 3 is 1.32 bits per heavy atom. The van der Waals surface area contributed by atoms with Crippen molar-refractivity contribution in [2.24, 2.45) is 5.73 Å². The highest BCUT2D eigenvalue weighted by Gasteiger charge is 2.37. The van der Waals surface area contributed by atoms with E-state index in [0.29, 0.717) is 0 Å². The molecule has 0 heterocycles. The molecule has 0 radical (unpaired) electrons. The van der Waals surface area contributed by atoms with E-state index in [1.54, 1.807) is 5.32 Å². The number of carbonyl (C=O) groups excluding carboxylic acids is 2. The van der Waals surface area contributed by atoms with E-state index in [9.17, 15) is 39.6 Å². The van der Waals surface area contributed by atoms with Gasteiger partial charge in [-0.05, 0) is 0 Å². The summed E-state index contributed by atoms with van der Waals surface area (Å²) in [7, 11) is -15.4. The van der Waals surface area contributed by atoms with Crippen LogP contribution in [0.1, 0.15) is 0 Å². The second-order valence-corrected chi connectivity index (χ2v) is 9.87. The predicted molar refractivity (Wildman–Crippen MR) is 88.7 cm³/mol. The van der Waals surface area contributed by atoms with Gasteiger partial charge in [0.25, 0.3) is 30.4 Å². The van der Waals surface area contributed by atoms with Crippen LogP contribution in [0.4, 0.5) is 0 Å². The van der Waals surface area contributed by atoms with E-state index in [4.69, 9.17) is 24.5 Å². The van der Waals surface area contributed by atoms with Crippen molar-refractivity contribution in [2.45, 2.75) is 15.7 Å². The second kappa shape index (κ2) is 9.54. The van der Waals surface area contributed by atoms with Gasteiger partial charge in [-0.15, -0.1) is 0 Å². The number of aliphatic carboxylic acids is 1. The molecule has 0 aliphatic carbocycles. The lowest BCUT2D eigenvalue weighted by molar-refractivity contribution is -0.136. The number of hydrogen-bond donors (Lipinski definition) is 7. The minimum absolute atomic E-state index is 0.915. The van der Waals surface area contributed by atoms with E-state index in [1.807, 2.05) is 0 Å². The van der Waals surface area contributed by atoms with Crippen LogP contribution in [0.25, 0.3) is 0 Å². The van der Waals surface area contributed by atoms with E-state index in [2.05, 4.69) is 0 Å². The van der Waals surface area contributed by atoms with Crippen LogP contribution in [0.15, 0.2) is 0 Å². The fourth-order valence-electron chi connectivity index (χ4n) is 1.63. The molecule has 0 saturated carbocycles. The predicted octanol–water partition coefficient (Wildman–Crippen LogP) is -4.97. The third-order valence-electron chi connectivity index (χ3n) is 3.08. The maximum atomic E-state index is 11.8. The SMILES string of the molecule is NCC(C(=O)NCC(C(=O)NCC(C(=O)O)S(=O)(=O)O)S(=O)(=O)O)S(=O)(=O)O. The van der Waals surface area contributed by atoms with Gasteiger partial charge in [0.1, 0.15) is 0 Å². The highest BCUT2D eigenvalue weighted by molar-refractivity contribution is 7.87. The number of nitrogens with one attached hydrogen (secondary N) is 2. The number of rotatable bonds is 11. The lowest BCUT2D eigenvalue weighted by Crippen LogP contribution is -2.52. The fourth-order valence-corrected chi connectivity index (χ4v) is 3.43.